The Bertz CT molecular complexity index is 636. The molecular weight excluding hydrogens is 283 g/mol. The van der Waals surface area contributed by atoms with Crippen LogP contribution in [0.2, 0.25) is 0 Å². The van der Waals surface area contributed by atoms with Crippen LogP contribution in [-0.2, 0) is 6.42 Å². The Labute approximate surface area is 129 Å². The summed E-state index contributed by atoms with van der Waals surface area (Å²) in [4.78, 5) is 6.03. The number of fused-ring (bicyclic) bond motifs is 1. The molecular formula is C17H21FN2S. The Kier molecular flexibility index (Phi) is 4.36. The molecule has 4 heteroatoms. The number of hydrogen-bond acceptors (Lipinski definition) is 3. The number of rotatable bonds is 4. The van der Waals surface area contributed by atoms with Crippen molar-refractivity contribution in [2.75, 3.05) is 6.54 Å². The van der Waals surface area contributed by atoms with Crippen molar-refractivity contribution >= 4 is 11.3 Å². The van der Waals surface area contributed by atoms with Gasteiger partial charge in [-0.2, -0.15) is 0 Å². The third-order valence-corrected chi connectivity index (χ3v) is 5.26. The Morgan fingerprint density at radius 3 is 3.10 bits per heavy atom. The Morgan fingerprint density at radius 2 is 2.29 bits per heavy atom. The van der Waals surface area contributed by atoms with E-state index in [1.165, 1.54) is 4.88 Å². The fourth-order valence-corrected chi connectivity index (χ4v) is 4.10. The van der Waals surface area contributed by atoms with Crippen molar-refractivity contribution in [3.63, 3.8) is 0 Å². The molecule has 0 amide bonds. The molecule has 0 bridgehead atoms. The second-order valence-electron chi connectivity index (χ2n) is 5.67. The van der Waals surface area contributed by atoms with Crippen molar-refractivity contribution in [3.8, 4) is 10.6 Å². The average molecular weight is 304 g/mol. The molecule has 1 unspecified atom stereocenters. The first-order valence-electron chi connectivity index (χ1n) is 7.69. The van der Waals surface area contributed by atoms with Gasteiger partial charge in [0.25, 0.3) is 0 Å². The van der Waals surface area contributed by atoms with E-state index in [0.29, 0.717) is 17.2 Å². The smallest absolute Gasteiger partial charge is 0.136 e. The van der Waals surface area contributed by atoms with Crippen LogP contribution in [0.1, 0.15) is 48.4 Å². The molecule has 1 heterocycles. The summed E-state index contributed by atoms with van der Waals surface area (Å²) in [6.07, 6.45) is 4.46. The zero-order valence-electron chi connectivity index (χ0n) is 12.6. The third kappa shape index (κ3) is 2.87. The van der Waals surface area contributed by atoms with Crippen molar-refractivity contribution in [2.24, 2.45) is 0 Å². The number of benzene rings is 1. The van der Waals surface area contributed by atoms with E-state index in [4.69, 9.17) is 4.98 Å². The van der Waals surface area contributed by atoms with E-state index in [-0.39, 0.29) is 5.82 Å². The van der Waals surface area contributed by atoms with Gasteiger partial charge in [0, 0.05) is 16.5 Å². The summed E-state index contributed by atoms with van der Waals surface area (Å²) in [7, 11) is 0. The molecule has 1 atom stereocenters. The highest BCUT2D eigenvalue weighted by Gasteiger charge is 2.25. The van der Waals surface area contributed by atoms with Gasteiger partial charge in [0.15, 0.2) is 0 Å². The van der Waals surface area contributed by atoms with E-state index in [2.05, 4.69) is 12.2 Å². The molecule has 1 aliphatic carbocycles. The van der Waals surface area contributed by atoms with Crippen LogP contribution in [0.15, 0.2) is 18.2 Å². The summed E-state index contributed by atoms with van der Waals surface area (Å²) in [6.45, 7) is 5.01. The van der Waals surface area contributed by atoms with Crippen LogP contribution in [0.4, 0.5) is 4.39 Å². The van der Waals surface area contributed by atoms with Crippen LogP contribution >= 0.6 is 11.3 Å². The van der Waals surface area contributed by atoms with Crippen LogP contribution < -0.4 is 5.32 Å². The summed E-state index contributed by atoms with van der Waals surface area (Å²) in [5.41, 5.74) is 2.49. The first kappa shape index (κ1) is 14.7. The van der Waals surface area contributed by atoms with E-state index in [1.807, 2.05) is 12.1 Å². The summed E-state index contributed by atoms with van der Waals surface area (Å²) in [5.74, 6) is -0.137. The molecule has 2 aromatic rings. The van der Waals surface area contributed by atoms with Crippen molar-refractivity contribution in [1.29, 1.82) is 0 Å². The predicted octanol–water partition coefficient (Wildman–Crippen LogP) is 4.63. The largest absolute Gasteiger partial charge is 0.309 e. The molecule has 0 saturated heterocycles. The minimum atomic E-state index is -0.137. The molecule has 0 fully saturated rings. The van der Waals surface area contributed by atoms with Crippen molar-refractivity contribution in [2.45, 2.75) is 45.6 Å². The highest BCUT2D eigenvalue weighted by Crippen LogP contribution is 2.38. The molecule has 3 rings (SSSR count). The number of thiazole rings is 1. The maximum absolute atomic E-state index is 14.3. The fraction of sp³-hybridized carbons (Fsp3) is 0.471. The highest BCUT2D eigenvalue weighted by molar-refractivity contribution is 7.15. The molecule has 1 aromatic heterocycles. The molecule has 1 aromatic carbocycles. The Morgan fingerprint density at radius 1 is 1.43 bits per heavy atom. The lowest BCUT2D eigenvalue weighted by atomic mass is 9.98. The second kappa shape index (κ2) is 6.24. The number of nitrogens with one attached hydrogen (secondary N) is 1. The highest BCUT2D eigenvalue weighted by atomic mass is 32.1. The van der Waals surface area contributed by atoms with Gasteiger partial charge < -0.3 is 5.32 Å². The van der Waals surface area contributed by atoms with E-state index in [9.17, 15) is 4.39 Å². The number of aromatic nitrogens is 1. The summed E-state index contributed by atoms with van der Waals surface area (Å²) in [5, 5.41) is 4.42. The first-order valence-corrected chi connectivity index (χ1v) is 8.50. The van der Waals surface area contributed by atoms with Crippen molar-refractivity contribution in [1.82, 2.24) is 10.3 Å². The quantitative estimate of drug-likeness (QED) is 0.890. The van der Waals surface area contributed by atoms with Gasteiger partial charge in [0.1, 0.15) is 10.8 Å². The lowest BCUT2D eigenvalue weighted by Gasteiger charge is -2.22. The lowest BCUT2D eigenvalue weighted by molar-refractivity contribution is 0.465. The van der Waals surface area contributed by atoms with Crippen LogP contribution in [0.3, 0.4) is 0 Å². The van der Waals surface area contributed by atoms with Crippen LogP contribution in [0.5, 0.6) is 0 Å². The number of aryl methyl sites for hydroxylation is 2. The van der Waals surface area contributed by atoms with E-state index in [1.54, 1.807) is 24.3 Å². The topological polar surface area (TPSA) is 24.9 Å². The average Bonchev–Trinajstić information content (AvgIpc) is 2.92. The van der Waals surface area contributed by atoms with Gasteiger partial charge in [0.05, 0.1) is 5.69 Å². The lowest BCUT2D eigenvalue weighted by Crippen LogP contribution is -2.24. The standard InChI is InChI=1S/C17H21FN2S/c1-3-10-19-13-8-5-9-14-16(13)21-17(20-14)12-7-4-6-11(2)15(12)18/h4,6-7,13,19H,3,5,8-10H2,1-2H3. The molecule has 0 saturated carbocycles. The SMILES string of the molecule is CCCNC1CCCc2nc(-c3cccc(C)c3F)sc21. The number of nitrogens with zero attached hydrogens (tertiary/aromatic N) is 1. The zero-order valence-corrected chi connectivity index (χ0v) is 13.4. The van der Waals surface area contributed by atoms with Gasteiger partial charge in [-0.05, 0) is 50.8 Å². The molecule has 0 aliphatic heterocycles. The van der Waals surface area contributed by atoms with Gasteiger partial charge in [-0.15, -0.1) is 11.3 Å². The van der Waals surface area contributed by atoms with E-state index in [0.717, 1.165) is 42.9 Å². The Balaban J connectivity index is 1.96. The van der Waals surface area contributed by atoms with Gasteiger partial charge in [0.2, 0.25) is 0 Å². The molecule has 1 N–H and O–H groups in total. The van der Waals surface area contributed by atoms with Crippen LogP contribution in [0, 0.1) is 12.7 Å². The third-order valence-electron chi connectivity index (χ3n) is 4.01. The molecule has 112 valence electrons. The fourth-order valence-electron chi connectivity index (χ4n) is 2.86. The monoisotopic (exact) mass is 304 g/mol. The van der Waals surface area contributed by atoms with Gasteiger partial charge in [-0.1, -0.05) is 19.1 Å². The normalized spacial score (nSPS) is 17.8. The van der Waals surface area contributed by atoms with Crippen molar-refractivity contribution in [3.05, 3.63) is 40.2 Å². The minimum Gasteiger partial charge on any atom is -0.309 e. The van der Waals surface area contributed by atoms with Gasteiger partial charge >= 0.3 is 0 Å². The summed E-state index contributed by atoms with van der Waals surface area (Å²) < 4.78 is 14.3. The van der Waals surface area contributed by atoms with Crippen LogP contribution in [0.25, 0.3) is 10.6 Å². The zero-order chi connectivity index (χ0) is 14.8. The predicted molar refractivity (Wildman–Crippen MR) is 86.2 cm³/mol. The van der Waals surface area contributed by atoms with E-state index < -0.39 is 0 Å². The second-order valence-corrected chi connectivity index (χ2v) is 6.70. The summed E-state index contributed by atoms with van der Waals surface area (Å²) in [6, 6.07) is 5.94. The van der Waals surface area contributed by atoms with E-state index >= 15 is 0 Å². The summed E-state index contributed by atoms with van der Waals surface area (Å²) >= 11 is 1.66. The molecule has 1 aliphatic rings. The van der Waals surface area contributed by atoms with Crippen LogP contribution in [-0.4, -0.2) is 11.5 Å². The molecule has 0 spiro atoms. The first-order chi connectivity index (χ1) is 10.2. The maximum atomic E-state index is 14.3. The number of hydrogen-bond donors (Lipinski definition) is 1. The Hall–Kier alpha value is -1.26. The molecule has 2 nitrogen and oxygen atoms in total. The molecule has 21 heavy (non-hydrogen) atoms. The van der Waals surface area contributed by atoms with Crippen molar-refractivity contribution < 1.29 is 4.39 Å². The maximum Gasteiger partial charge on any atom is 0.136 e. The van der Waals surface area contributed by atoms with Gasteiger partial charge in [-0.25, -0.2) is 9.37 Å². The molecule has 0 radical (unpaired) electrons. The van der Waals surface area contributed by atoms with Gasteiger partial charge in [-0.3, -0.25) is 0 Å². The minimum absolute atomic E-state index is 0.137. The number of halogens is 1.